The Morgan fingerprint density at radius 1 is 1.69 bits per heavy atom. The van der Waals surface area contributed by atoms with E-state index in [-0.39, 0.29) is 5.91 Å². The highest BCUT2D eigenvalue weighted by atomic mass is 32.2. The van der Waals surface area contributed by atoms with Gasteiger partial charge in [-0.25, -0.2) is 4.98 Å². The molecule has 0 bridgehead atoms. The van der Waals surface area contributed by atoms with Crippen LogP contribution < -0.4 is 5.73 Å². The maximum atomic E-state index is 11.9. The van der Waals surface area contributed by atoms with Gasteiger partial charge in [-0.3, -0.25) is 4.79 Å². The lowest BCUT2D eigenvalue weighted by molar-refractivity contribution is 0.0798. The van der Waals surface area contributed by atoms with Crippen molar-refractivity contribution in [2.45, 2.75) is 6.42 Å². The highest BCUT2D eigenvalue weighted by Gasteiger charge is 2.14. The zero-order valence-corrected chi connectivity index (χ0v) is 11.2. The summed E-state index contributed by atoms with van der Waals surface area (Å²) < 4.78 is 0. The Balaban J connectivity index is 2.57. The van der Waals surface area contributed by atoms with E-state index in [2.05, 4.69) is 4.98 Å². The van der Waals surface area contributed by atoms with Crippen molar-refractivity contribution >= 4 is 29.0 Å². The Hall–Kier alpha value is -0.590. The number of carbonyl (C=O) groups excluding carboxylic acids is 1. The predicted molar refractivity (Wildman–Crippen MR) is 70.2 cm³/mol. The standard InChI is InChI=1S/C10H17N3OS2/c1-13(5-6-15-2)10(14)8-7-16-9(12-8)3-4-11/h7H,3-6,11H2,1-2H3. The van der Waals surface area contributed by atoms with Gasteiger partial charge in [0.15, 0.2) is 0 Å². The lowest BCUT2D eigenvalue weighted by atomic mass is 10.4. The van der Waals surface area contributed by atoms with Crippen molar-refractivity contribution in [3.8, 4) is 0 Å². The SMILES string of the molecule is CSCCN(C)C(=O)c1csc(CCN)n1. The average Bonchev–Trinajstić information content (AvgIpc) is 2.74. The summed E-state index contributed by atoms with van der Waals surface area (Å²) in [5.74, 6) is 0.941. The number of amides is 1. The summed E-state index contributed by atoms with van der Waals surface area (Å²) in [6.45, 7) is 1.33. The van der Waals surface area contributed by atoms with E-state index in [1.54, 1.807) is 23.7 Å². The summed E-state index contributed by atoms with van der Waals surface area (Å²) >= 11 is 3.23. The molecule has 6 heteroatoms. The summed E-state index contributed by atoms with van der Waals surface area (Å²) in [5.41, 5.74) is 5.98. The van der Waals surface area contributed by atoms with Crippen LogP contribution in [0.5, 0.6) is 0 Å². The van der Waals surface area contributed by atoms with Crippen LogP contribution in [0.3, 0.4) is 0 Å². The highest BCUT2D eigenvalue weighted by Crippen LogP contribution is 2.11. The van der Waals surface area contributed by atoms with Gasteiger partial charge in [0.25, 0.3) is 5.91 Å². The maximum absolute atomic E-state index is 11.9. The number of hydrogen-bond donors (Lipinski definition) is 1. The molecule has 0 aliphatic rings. The highest BCUT2D eigenvalue weighted by molar-refractivity contribution is 7.98. The van der Waals surface area contributed by atoms with Crippen LogP contribution in [0.4, 0.5) is 0 Å². The fourth-order valence-corrected chi connectivity index (χ4v) is 2.42. The number of thiazole rings is 1. The lowest BCUT2D eigenvalue weighted by Crippen LogP contribution is -2.29. The molecule has 1 amide bonds. The van der Waals surface area contributed by atoms with Gasteiger partial charge in [0.05, 0.1) is 5.01 Å². The van der Waals surface area contributed by atoms with E-state index in [4.69, 9.17) is 5.73 Å². The van der Waals surface area contributed by atoms with E-state index >= 15 is 0 Å². The minimum Gasteiger partial charge on any atom is -0.340 e. The van der Waals surface area contributed by atoms with Crippen LogP contribution in [0.25, 0.3) is 0 Å². The van der Waals surface area contributed by atoms with Gasteiger partial charge in [0, 0.05) is 31.1 Å². The zero-order chi connectivity index (χ0) is 12.0. The Labute approximate surface area is 104 Å². The number of rotatable bonds is 6. The zero-order valence-electron chi connectivity index (χ0n) is 9.60. The first kappa shape index (κ1) is 13.5. The molecule has 1 aromatic heterocycles. The summed E-state index contributed by atoms with van der Waals surface area (Å²) in [6.07, 6.45) is 2.77. The molecule has 90 valence electrons. The lowest BCUT2D eigenvalue weighted by Gasteiger charge is -2.14. The minimum atomic E-state index is -0.00595. The number of carbonyl (C=O) groups is 1. The Morgan fingerprint density at radius 2 is 2.44 bits per heavy atom. The molecule has 1 aromatic rings. The Morgan fingerprint density at radius 3 is 3.06 bits per heavy atom. The Kier molecular flexibility index (Phi) is 5.79. The first-order valence-electron chi connectivity index (χ1n) is 5.08. The summed E-state index contributed by atoms with van der Waals surface area (Å²) in [7, 11) is 1.81. The fraction of sp³-hybridized carbons (Fsp3) is 0.600. The molecule has 0 aliphatic carbocycles. The van der Waals surface area contributed by atoms with Crippen LogP contribution in [-0.2, 0) is 6.42 Å². The van der Waals surface area contributed by atoms with Crippen molar-refractivity contribution in [1.29, 1.82) is 0 Å². The van der Waals surface area contributed by atoms with Crippen molar-refractivity contribution < 1.29 is 4.79 Å². The van der Waals surface area contributed by atoms with Gasteiger partial charge in [0.1, 0.15) is 5.69 Å². The van der Waals surface area contributed by atoms with Crippen LogP contribution in [0.15, 0.2) is 5.38 Å². The van der Waals surface area contributed by atoms with E-state index < -0.39 is 0 Å². The third-order valence-electron chi connectivity index (χ3n) is 2.11. The van der Waals surface area contributed by atoms with Gasteiger partial charge < -0.3 is 10.6 Å². The van der Waals surface area contributed by atoms with Crippen molar-refractivity contribution in [1.82, 2.24) is 9.88 Å². The number of nitrogens with two attached hydrogens (primary N) is 1. The van der Waals surface area contributed by atoms with E-state index in [1.807, 2.05) is 11.6 Å². The summed E-state index contributed by atoms with van der Waals surface area (Å²) in [5, 5.41) is 2.74. The molecule has 0 aliphatic heterocycles. The minimum absolute atomic E-state index is 0.00595. The second-order valence-corrected chi connectivity index (χ2v) is 5.31. The molecule has 0 radical (unpaired) electrons. The molecule has 0 aromatic carbocycles. The van der Waals surface area contributed by atoms with Crippen molar-refractivity contribution in [2.24, 2.45) is 5.73 Å². The van der Waals surface area contributed by atoms with E-state index in [1.165, 1.54) is 11.3 Å². The molecule has 0 saturated heterocycles. The predicted octanol–water partition coefficient (Wildman–Crippen LogP) is 1.08. The van der Waals surface area contributed by atoms with Gasteiger partial charge in [-0.15, -0.1) is 11.3 Å². The summed E-state index contributed by atoms with van der Waals surface area (Å²) in [6, 6.07) is 0. The normalized spacial score (nSPS) is 10.4. The van der Waals surface area contributed by atoms with Crippen molar-refractivity contribution in [2.75, 3.05) is 32.1 Å². The smallest absolute Gasteiger partial charge is 0.273 e. The second-order valence-electron chi connectivity index (χ2n) is 3.38. The monoisotopic (exact) mass is 259 g/mol. The molecular weight excluding hydrogens is 242 g/mol. The number of aromatic nitrogens is 1. The molecule has 0 unspecified atom stereocenters. The van der Waals surface area contributed by atoms with Gasteiger partial charge in [-0.1, -0.05) is 0 Å². The first-order chi connectivity index (χ1) is 7.69. The largest absolute Gasteiger partial charge is 0.340 e. The molecule has 4 nitrogen and oxygen atoms in total. The topological polar surface area (TPSA) is 59.2 Å². The summed E-state index contributed by atoms with van der Waals surface area (Å²) in [4.78, 5) is 17.9. The molecule has 0 atom stereocenters. The number of hydrogen-bond acceptors (Lipinski definition) is 5. The third-order valence-corrected chi connectivity index (χ3v) is 3.61. The molecule has 0 fully saturated rings. The average molecular weight is 259 g/mol. The van der Waals surface area contributed by atoms with Gasteiger partial charge in [0.2, 0.25) is 0 Å². The molecular formula is C10H17N3OS2. The molecule has 0 spiro atoms. The van der Waals surface area contributed by atoms with Crippen LogP contribution in [0, 0.1) is 0 Å². The van der Waals surface area contributed by atoms with Crippen molar-refractivity contribution in [3.63, 3.8) is 0 Å². The first-order valence-corrected chi connectivity index (χ1v) is 7.35. The third kappa shape index (κ3) is 3.77. The van der Waals surface area contributed by atoms with Crippen LogP contribution in [-0.4, -0.2) is 47.9 Å². The molecule has 1 heterocycles. The number of nitrogens with zero attached hydrogens (tertiary/aromatic N) is 2. The van der Waals surface area contributed by atoms with E-state index in [0.717, 1.165) is 23.7 Å². The molecule has 2 N–H and O–H groups in total. The maximum Gasteiger partial charge on any atom is 0.273 e. The van der Waals surface area contributed by atoms with Gasteiger partial charge in [-0.05, 0) is 12.8 Å². The van der Waals surface area contributed by atoms with E-state index in [0.29, 0.717) is 12.2 Å². The van der Waals surface area contributed by atoms with Crippen molar-refractivity contribution in [3.05, 3.63) is 16.1 Å². The second kappa shape index (κ2) is 6.88. The van der Waals surface area contributed by atoms with Crippen LogP contribution in [0.2, 0.25) is 0 Å². The quantitative estimate of drug-likeness (QED) is 0.830. The molecule has 1 rings (SSSR count). The molecule has 16 heavy (non-hydrogen) atoms. The fourth-order valence-electron chi connectivity index (χ4n) is 1.17. The van der Waals surface area contributed by atoms with Gasteiger partial charge >= 0.3 is 0 Å². The van der Waals surface area contributed by atoms with Crippen LogP contribution >= 0.6 is 23.1 Å². The van der Waals surface area contributed by atoms with E-state index in [9.17, 15) is 4.79 Å². The van der Waals surface area contributed by atoms with Gasteiger partial charge in [-0.2, -0.15) is 11.8 Å². The number of thioether (sulfide) groups is 1. The van der Waals surface area contributed by atoms with Crippen LogP contribution in [0.1, 0.15) is 15.5 Å². The Bertz CT molecular complexity index is 341. The molecule has 0 saturated carbocycles.